The minimum atomic E-state index is 0.639. The zero-order valence-corrected chi connectivity index (χ0v) is 33.1. The third-order valence-electron chi connectivity index (χ3n) is 12.0. The van der Waals surface area contributed by atoms with Crippen LogP contribution in [0.15, 0.2) is 218 Å². The van der Waals surface area contributed by atoms with E-state index in [1.54, 1.807) is 0 Å². The molecule has 61 heavy (non-hydrogen) atoms. The fraction of sp³-hybridized carbons (Fsp3) is 0. The van der Waals surface area contributed by atoms with Crippen LogP contribution in [0.2, 0.25) is 0 Å². The predicted octanol–water partition coefficient (Wildman–Crippen LogP) is 15.1. The molecule has 0 N–H and O–H groups in total. The van der Waals surface area contributed by atoms with E-state index in [0.717, 1.165) is 55.4 Å². The van der Waals surface area contributed by atoms with Gasteiger partial charge in [-0.2, -0.15) is 0 Å². The summed E-state index contributed by atoms with van der Waals surface area (Å²) in [6.45, 7) is 0. The summed E-state index contributed by atoms with van der Waals surface area (Å²) in [5.74, 6) is 1.92. The first-order valence-corrected chi connectivity index (χ1v) is 20.7. The highest BCUT2D eigenvalue weighted by atomic mass is 15.2. The maximum Gasteiger partial charge on any atom is 0.164 e. The molecule has 4 heteroatoms. The molecule has 4 nitrogen and oxygen atoms in total. The van der Waals surface area contributed by atoms with Gasteiger partial charge in [0.1, 0.15) is 0 Å². The number of aromatic nitrogens is 3. The molecule has 0 atom stereocenters. The Morgan fingerprint density at radius 3 is 1.62 bits per heavy atom. The van der Waals surface area contributed by atoms with Gasteiger partial charge in [-0.1, -0.05) is 182 Å². The lowest BCUT2D eigenvalue weighted by atomic mass is 9.86. The minimum absolute atomic E-state index is 0.639. The summed E-state index contributed by atoms with van der Waals surface area (Å²) < 4.78 is 0. The molecule has 284 valence electrons. The number of rotatable bonds is 6. The summed E-state index contributed by atoms with van der Waals surface area (Å²) >= 11 is 0. The molecule has 1 aromatic heterocycles. The number of hydrogen-bond acceptors (Lipinski definition) is 4. The maximum absolute atomic E-state index is 5.20. The van der Waals surface area contributed by atoms with Crippen LogP contribution in [0.25, 0.3) is 99.9 Å². The molecule has 1 aliphatic rings. The Labute approximate surface area is 353 Å². The van der Waals surface area contributed by atoms with E-state index in [4.69, 9.17) is 15.0 Å². The van der Waals surface area contributed by atoms with Gasteiger partial charge in [-0.05, 0) is 91.1 Å². The van der Waals surface area contributed by atoms with Crippen molar-refractivity contribution in [3.8, 4) is 67.5 Å². The van der Waals surface area contributed by atoms with Crippen LogP contribution in [0.4, 0.5) is 17.1 Å². The average molecular weight is 777 g/mol. The second-order valence-corrected chi connectivity index (χ2v) is 15.6. The Morgan fingerprint density at radius 1 is 0.279 bits per heavy atom. The van der Waals surface area contributed by atoms with Crippen molar-refractivity contribution in [2.45, 2.75) is 0 Å². The molecule has 0 bridgehead atoms. The van der Waals surface area contributed by atoms with Crippen LogP contribution in [0.5, 0.6) is 0 Å². The van der Waals surface area contributed by atoms with E-state index in [9.17, 15) is 0 Å². The highest BCUT2D eigenvalue weighted by molar-refractivity contribution is 6.18. The maximum atomic E-state index is 5.20. The molecule has 0 amide bonds. The summed E-state index contributed by atoms with van der Waals surface area (Å²) in [7, 11) is 0. The number of fused-ring (bicyclic) bond motifs is 4. The van der Waals surface area contributed by atoms with Gasteiger partial charge in [0.05, 0.1) is 11.4 Å². The van der Waals surface area contributed by atoms with Crippen LogP contribution in [0, 0.1) is 0 Å². The lowest BCUT2D eigenvalue weighted by Gasteiger charge is -2.34. The molecule has 1 aliphatic heterocycles. The van der Waals surface area contributed by atoms with Crippen molar-refractivity contribution in [1.29, 1.82) is 0 Å². The quantitative estimate of drug-likeness (QED) is 0.169. The van der Waals surface area contributed by atoms with Crippen molar-refractivity contribution in [1.82, 2.24) is 15.0 Å². The molecule has 0 aliphatic carbocycles. The normalized spacial score (nSPS) is 11.9. The number of hydrogen-bond donors (Lipinski definition) is 0. The molecule has 0 saturated heterocycles. The standard InChI is InChI=1S/C57H36N4/c1-4-16-38(17-5-1)44-33-34-52-54-49(44)25-14-26-50(54)48-30-29-41(36-53(48)61(52)43-21-8-3-9-22-43)45-31-32-51(47-24-13-12-23-46(45)47)57-59-55(39-18-6-2-7-19-39)58-56(60-57)42-28-27-37-15-10-11-20-40(37)35-42/h1-36H. The predicted molar refractivity (Wildman–Crippen MR) is 253 cm³/mol. The SMILES string of the molecule is c1ccc(-c2nc(-c3ccc4ccccc4c3)nc(-c3ccc(-c4ccc5c(c4)N(c4ccccc4)c4ccc(-c6ccccc6)c6cccc-5c46)c4ccccc34)n2)cc1. The van der Waals surface area contributed by atoms with E-state index in [-0.39, 0.29) is 0 Å². The number of para-hydroxylation sites is 1. The third-order valence-corrected chi connectivity index (χ3v) is 12.0. The first-order valence-electron chi connectivity index (χ1n) is 20.7. The lowest BCUT2D eigenvalue weighted by molar-refractivity contribution is 1.08. The largest absolute Gasteiger partial charge is 0.309 e. The van der Waals surface area contributed by atoms with Gasteiger partial charge in [0.2, 0.25) is 0 Å². The van der Waals surface area contributed by atoms with Crippen molar-refractivity contribution in [3.63, 3.8) is 0 Å². The van der Waals surface area contributed by atoms with E-state index < -0.39 is 0 Å². The molecule has 12 rings (SSSR count). The lowest BCUT2D eigenvalue weighted by Crippen LogP contribution is -2.15. The Kier molecular flexibility index (Phi) is 8.13. The van der Waals surface area contributed by atoms with Crippen LogP contribution < -0.4 is 4.90 Å². The second-order valence-electron chi connectivity index (χ2n) is 15.6. The summed E-state index contributed by atoms with van der Waals surface area (Å²) in [5, 5.41) is 7.04. The molecule has 11 aromatic rings. The molecule has 0 unspecified atom stereocenters. The summed E-state index contributed by atoms with van der Waals surface area (Å²) in [6, 6.07) is 77.7. The Hall–Kier alpha value is -8.21. The van der Waals surface area contributed by atoms with Crippen molar-refractivity contribution in [2.75, 3.05) is 4.90 Å². The zero-order valence-electron chi connectivity index (χ0n) is 33.1. The monoisotopic (exact) mass is 776 g/mol. The molecule has 0 spiro atoms. The average Bonchev–Trinajstić information content (AvgIpc) is 3.34. The van der Waals surface area contributed by atoms with E-state index in [1.807, 2.05) is 18.2 Å². The van der Waals surface area contributed by atoms with Gasteiger partial charge in [0, 0.05) is 33.3 Å². The van der Waals surface area contributed by atoms with E-state index in [0.29, 0.717) is 17.5 Å². The van der Waals surface area contributed by atoms with Crippen LogP contribution in [-0.2, 0) is 0 Å². The number of nitrogens with zero attached hydrogens (tertiary/aromatic N) is 4. The topological polar surface area (TPSA) is 41.9 Å². The van der Waals surface area contributed by atoms with Crippen LogP contribution in [-0.4, -0.2) is 15.0 Å². The smallest absolute Gasteiger partial charge is 0.164 e. The van der Waals surface area contributed by atoms with Crippen molar-refractivity contribution < 1.29 is 0 Å². The highest BCUT2D eigenvalue weighted by Crippen LogP contribution is 2.53. The van der Waals surface area contributed by atoms with Gasteiger partial charge in [0.25, 0.3) is 0 Å². The summed E-state index contributed by atoms with van der Waals surface area (Å²) in [4.78, 5) is 17.8. The van der Waals surface area contributed by atoms with Gasteiger partial charge in [-0.3, -0.25) is 0 Å². The Balaban J connectivity index is 1.03. The first-order chi connectivity index (χ1) is 30.2. The van der Waals surface area contributed by atoms with E-state index in [1.165, 1.54) is 44.1 Å². The highest BCUT2D eigenvalue weighted by Gasteiger charge is 2.28. The van der Waals surface area contributed by atoms with Crippen LogP contribution >= 0.6 is 0 Å². The zero-order chi connectivity index (χ0) is 40.3. The van der Waals surface area contributed by atoms with Gasteiger partial charge in [-0.25, -0.2) is 15.0 Å². The van der Waals surface area contributed by atoms with Gasteiger partial charge in [-0.15, -0.1) is 0 Å². The molecular weight excluding hydrogens is 741 g/mol. The second kappa shape index (κ2) is 14.3. The van der Waals surface area contributed by atoms with Gasteiger partial charge in [0.15, 0.2) is 17.5 Å². The Morgan fingerprint density at radius 2 is 0.836 bits per heavy atom. The minimum Gasteiger partial charge on any atom is -0.309 e. The molecule has 0 radical (unpaired) electrons. The summed E-state index contributed by atoms with van der Waals surface area (Å²) in [6.07, 6.45) is 0. The van der Waals surface area contributed by atoms with Gasteiger partial charge < -0.3 is 4.90 Å². The fourth-order valence-corrected chi connectivity index (χ4v) is 9.18. The van der Waals surface area contributed by atoms with Crippen molar-refractivity contribution >= 4 is 49.4 Å². The number of anilines is 3. The molecule has 10 aromatic carbocycles. The van der Waals surface area contributed by atoms with Crippen molar-refractivity contribution in [3.05, 3.63) is 218 Å². The van der Waals surface area contributed by atoms with E-state index in [2.05, 4.69) is 205 Å². The molecular formula is C57H36N4. The Bertz CT molecular complexity index is 3470. The molecule has 0 saturated carbocycles. The first kappa shape index (κ1) is 34.8. The van der Waals surface area contributed by atoms with Gasteiger partial charge >= 0.3 is 0 Å². The van der Waals surface area contributed by atoms with E-state index >= 15 is 0 Å². The molecule has 2 heterocycles. The third kappa shape index (κ3) is 5.88. The fourth-order valence-electron chi connectivity index (χ4n) is 9.18. The summed E-state index contributed by atoms with van der Waals surface area (Å²) in [5.41, 5.74) is 13.5. The number of benzene rings is 10. The van der Waals surface area contributed by atoms with Crippen LogP contribution in [0.3, 0.4) is 0 Å². The van der Waals surface area contributed by atoms with Crippen LogP contribution in [0.1, 0.15) is 0 Å². The van der Waals surface area contributed by atoms with Crippen molar-refractivity contribution in [2.24, 2.45) is 0 Å². The molecule has 0 fully saturated rings.